The zero-order valence-electron chi connectivity index (χ0n) is 15.5. The van der Waals surface area contributed by atoms with E-state index in [1.165, 1.54) is 0 Å². The maximum atomic E-state index is 11.8. The molecule has 1 aliphatic rings. The van der Waals surface area contributed by atoms with Crippen LogP contribution in [0.15, 0.2) is 22.6 Å². The summed E-state index contributed by atoms with van der Waals surface area (Å²) in [4.78, 5) is 2.28. The Morgan fingerprint density at radius 3 is 2.74 bits per heavy atom. The second kappa shape index (κ2) is 7.99. The first kappa shape index (κ1) is 19.8. The predicted molar refractivity (Wildman–Crippen MR) is 103 cm³/mol. The molecule has 0 saturated carbocycles. The number of sulfone groups is 1. The van der Waals surface area contributed by atoms with Crippen LogP contribution in [0, 0.1) is 4.84 Å². The van der Waals surface area contributed by atoms with Gasteiger partial charge in [-0.2, -0.15) is 0 Å². The Balaban J connectivity index is 1.85. The first-order chi connectivity index (χ1) is 12.9. The molecule has 0 aliphatic carbocycles. The van der Waals surface area contributed by atoms with Gasteiger partial charge in [0.15, 0.2) is 9.84 Å². The molecule has 0 spiro atoms. The van der Waals surface area contributed by atoms with Gasteiger partial charge >= 0.3 is 0 Å². The molecule has 2 aromatic rings. The molecule has 8 nitrogen and oxygen atoms in total. The van der Waals surface area contributed by atoms with Crippen LogP contribution >= 0.6 is 12.2 Å². The lowest BCUT2D eigenvalue weighted by Crippen LogP contribution is -2.37. The summed E-state index contributed by atoms with van der Waals surface area (Å²) in [5, 5.41) is 4.47. The second-order valence-corrected chi connectivity index (χ2v) is 8.92. The largest absolute Gasteiger partial charge is 0.497 e. The smallest absolute Gasteiger partial charge is 0.288 e. The van der Waals surface area contributed by atoms with E-state index in [4.69, 9.17) is 26.1 Å². The van der Waals surface area contributed by atoms with E-state index < -0.39 is 9.84 Å². The summed E-state index contributed by atoms with van der Waals surface area (Å²) >= 11 is 5.31. The molecule has 0 bridgehead atoms. The molecule has 1 aromatic heterocycles. The third-order valence-corrected chi connectivity index (χ3v) is 6.74. The summed E-state index contributed by atoms with van der Waals surface area (Å²) in [6.07, 6.45) is 0.626. The summed E-state index contributed by atoms with van der Waals surface area (Å²) in [5.41, 5.74) is 0.662. The first-order valence-electron chi connectivity index (χ1n) is 8.61. The van der Waals surface area contributed by atoms with Crippen LogP contribution in [-0.2, 0) is 16.5 Å². The zero-order valence-corrected chi connectivity index (χ0v) is 17.2. The van der Waals surface area contributed by atoms with Gasteiger partial charge in [-0.3, -0.25) is 4.90 Å². The first-order valence-corrected chi connectivity index (χ1v) is 10.8. The number of rotatable bonds is 7. The van der Waals surface area contributed by atoms with Crippen molar-refractivity contribution in [1.82, 2.24) is 14.7 Å². The van der Waals surface area contributed by atoms with Crippen molar-refractivity contribution >= 4 is 22.1 Å². The highest BCUT2D eigenvalue weighted by molar-refractivity contribution is 7.91. The zero-order chi connectivity index (χ0) is 19.6. The number of benzene rings is 1. The molecule has 2 heterocycles. The molecular formula is C17H23N3O5S2. The van der Waals surface area contributed by atoms with E-state index >= 15 is 0 Å². The van der Waals surface area contributed by atoms with Crippen LogP contribution < -0.4 is 9.47 Å². The minimum absolute atomic E-state index is 0.0300. The van der Waals surface area contributed by atoms with Crippen molar-refractivity contribution in [2.75, 3.05) is 32.3 Å². The number of methoxy groups -OCH3 is 2. The van der Waals surface area contributed by atoms with E-state index in [0.29, 0.717) is 42.6 Å². The molecule has 1 aliphatic heterocycles. The summed E-state index contributed by atoms with van der Waals surface area (Å²) in [7, 11) is 0.184. The molecule has 3 rings (SSSR count). The highest BCUT2D eigenvalue weighted by atomic mass is 32.2. The fourth-order valence-corrected chi connectivity index (χ4v) is 5.13. The molecule has 1 saturated heterocycles. The van der Waals surface area contributed by atoms with Gasteiger partial charge in [0.25, 0.3) is 10.7 Å². The van der Waals surface area contributed by atoms with Crippen LogP contribution in [0.4, 0.5) is 0 Å². The van der Waals surface area contributed by atoms with Gasteiger partial charge in [0.05, 0.1) is 38.0 Å². The van der Waals surface area contributed by atoms with E-state index in [2.05, 4.69) is 10.00 Å². The van der Waals surface area contributed by atoms with Crippen molar-refractivity contribution < 1.29 is 22.3 Å². The molecule has 1 atom stereocenters. The van der Waals surface area contributed by atoms with Crippen molar-refractivity contribution in [3.63, 3.8) is 0 Å². The number of hydrogen-bond donors (Lipinski definition) is 0. The van der Waals surface area contributed by atoms with Crippen LogP contribution in [0.25, 0.3) is 11.5 Å². The van der Waals surface area contributed by atoms with Crippen LogP contribution in [-0.4, -0.2) is 61.4 Å². The summed E-state index contributed by atoms with van der Waals surface area (Å²) in [5.74, 6) is 1.97. The standard InChI is InChI=1S/C17H23N3O5S2/c1-4-19(12-7-8-27(21,22)10-12)11-20-17(26)25-16(18-20)14-6-5-13(23-2)9-15(14)24-3/h5-6,9,12H,4,7-8,10-11H2,1-3H3/t12-/m0/s1. The third-order valence-electron chi connectivity index (χ3n) is 4.69. The van der Waals surface area contributed by atoms with E-state index in [1.54, 1.807) is 37.1 Å². The van der Waals surface area contributed by atoms with Crippen molar-refractivity contribution in [2.45, 2.75) is 26.1 Å². The summed E-state index contributed by atoms with van der Waals surface area (Å²) in [6, 6.07) is 5.30. The van der Waals surface area contributed by atoms with Gasteiger partial charge in [-0.15, -0.1) is 5.10 Å². The molecule has 1 aromatic carbocycles. The van der Waals surface area contributed by atoms with Crippen LogP contribution in [0.2, 0.25) is 0 Å². The van der Waals surface area contributed by atoms with E-state index in [-0.39, 0.29) is 22.4 Å². The number of ether oxygens (including phenoxy) is 2. The summed E-state index contributed by atoms with van der Waals surface area (Å²) < 4.78 is 41.4. The SMILES string of the molecule is CCN(Cn1nc(-c2ccc(OC)cc2OC)oc1=S)[C@H]1CCS(=O)(=O)C1. The Kier molecular flexibility index (Phi) is 5.87. The van der Waals surface area contributed by atoms with Gasteiger partial charge < -0.3 is 13.9 Å². The summed E-state index contributed by atoms with van der Waals surface area (Å²) in [6.45, 7) is 3.05. The molecule has 1 fully saturated rings. The van der Waals surface area contributed by atoms with Crippen molar-refractivity contribution in [3.8, 4) is 23.0 Å². The lowest BCUT2D eigenvalue weighted by molar-refractivity contribution is 0.162. The van der Waals surface area contributed by atoms with Crippen molar-refractivity contribution in [2.24, 2.45) is 0 Å². The lowest BCUT2D eigenvalue weighted by Gasteiger charge is -2.25. The lowest BCUT2D eigenvalue weighted by atomic mass is 10.2. The fraction of sp³-hybridized carbons (Fsp3) is 0.529. The van der Waals surface area contributed by atoms with Crippen LogP contribution in [0.3, 0.4) is 0 Å². The van der Waals surface area contributed by atoms with Crippen LogP contribution in [0.1, 0.15) is 13.3 Å². The van der Waals surface area contributed by atoms with E-state index in [9.17, 15) is 8.42 Å². The molecule has 148 valence electrons. The van der Waals surface area contributed by atoms with E-state index in [0.717, 1.165) is 0 Å². The average Bonchev–Trinajstić information content (AvgIpc) is 3.20. The van der Waals surface area contributed by atoms with Gasteiger partial charge in [0, 0.05) is 12.1 Å². The fourth-order valence-electron chi connectivity index (χ4n) is 3.19. The minimum Gasteiger partial charge on any atom is -0.497 e. The van der Waals surface area contributed by atoms with Gasteiger partial charge in [-0.1, -0.05) is 6.92 Å². The topological polar surface area (TPSA) is 86.8 Å². The number of hydrogen-bond acceptors (Lipinski definition) is 8. The Bertz CT molecular complexity index is 967. The average molecular weight is 414 g/mol. The molecule has 0 unspecified atom stereocenters. The monoisotopic (exact) mass is 413 g/mol. The minimum atomic E-state index is -2.96. The molecule has 0 amide bonds. The molecule has 0 N–H and O–H groups in total. The van der Waals surface area contributed by atoms with E-state index in [1.807, 2.05) is 6.92 Å². The number of nitrogens with zero attached hydrogens (tertiary/aromatic N) is 3. The molecule has 27 heavy (non-hydrogen) atoms. The predicted octanol–water partition coefficient (Wildman–Crippen LogP) is 2.36. The molecule has 0 radical (unpaired) electrons. The number of aromatic nitrogens is 2. The highest BCUT2D eigenvalue weighted by Gasteiger charge is 2.32. The van der Waals surface area contributed by atoms with Crippen LogP contribution in [0.5, 0.6) is 11.5 Å². The van der Waals surface area contributed by atoms with Gasteiger partial charge in [0.1, 0.15) is 11.5 Å². The second-order valence-electron chi connectivity index (χ2n) is 6.34. The van der Waals surface area contributed by atoms with Crippen molar-refractivity contribution in [3.05, 3.63) is 23.0 Å². The Morgan fingerprint density at radius 2 is 2.15 bits per heavy atom. The van der Waals surface area contributed by atoms with Crippen molar-refractivity contribution in [1.29, 1.82) is 0 Å². The third kappa shape index (κ3) is 4.33. The van der Waals surface area contributed by atoms with Gasteiger partial charge in [-0.05, 0) is 37.3 Å². The Hall–Kier alpha value is -1.91. The molecule has 10 heteroatoms. The quantitative estimate of drug-likeness (QED) is 0.640. The Morgan fingerprint density at radius 1 is 1.37 bits per heavy atom. The maximum absolute atomic E-state index is 11.8. The highest BCUT2D eigenvalue weighted by Crippen LogP contribution is 2.32. The maximum Gasteiger partial charge on any atom is 0.288 e. The van der Waals surface area contributed by atoms with Gasteiger partial charge in [-0.25, -0.2) is 13.1 Å². The Labute approximate surface area is 163 Å². The molecular weight excluding hydrogens is 390 g/mol. The normalized spacial score (nSPS) is 18.7. The van der Waals surface area contributed by atoms with Gasteiger partial charge in [0.2, 0.25) is 0 Å².